The highest BCUT2D eigenvalue weighted by Crippen LogP contribution is 2.25. The Labute approximate surface area is 188 Å². The zero-order chi connectivity index (χ0) is 21.7. The van der Waals surface area contributed by atoms with E-state index in [-0.39, 0.29) is 17.7 Å². The maximum Gasteiger partial charge on any atom is 0.356 e. The summed E-state index contributed by atoms with van der Waals surface area (Å²) in [6.45, 7) is 4.49. The molecular weight excluding hydrogens is 451 g/mol. The monoisotopic (exact) mass is 470 g/mol. The highest BCUT2D eigenvalue weighted by Gasteiger charge is 2.25. The maximum absolute atomic E-state index is 12.1. The zero-order valence-electron chi connectivity index (χ0n) is 16.1. The first-order chi connectivity index (χ1) is 14.3. The Balaban J connectivity index is 1.59. The molecule has 0 radical (unpaired) electrons. The molecule has 0 saturated carbocycles. The highest BCUT2D eigenvalue weighted by atomic mass is 35.5. The summed E-state index contributed by atoms with van der Waals surface area (Å²) in [4.78, 5) is 25.2. The van der Waals surface area contributed by atoms with Crippen LogP contribution in [0.3, 0.4) is 0 Å². The lowest BCUT2D eigenvalue weighted by Gasteiger charge is -2.35. The fourth-order valence-electron chi connectivity index (χ4n) is 2.94. The van der Waals surface area contributed by atoms with Gasteiger partial charge in [-0.15, -0.1) is 10.2 Å². The lowest BCUT2D eigenvalue weighted by molar-refractivity contribution is -0.126. The molecule has 1 atom stereocenters. The topological polar surface area (TPSA) is 95.9 Å². The maximum atomic E-state index is 12.1. The summed E-state index contributed by atoms with van der Waals surface area (Å²) < 4.78 is 7.39. The van der Waals surface area contributed by atoms with Crippen LogP contribution < -0.4 is 0 Å². The van der Waals surface area contributed by atoms with Gasteiger partial charge in [0.15, 0.2) is 5.69 Å². The molecule has 3 rings (SSSR count). The van der Waals surface area contributed by atoms with E-state index in [1.165, 1.54) is 23.4 Å². The number of carboxylic acid groups (broad SMARTS) is 1. The van der Waals surface area contributed by atoms with E-state index < -0.39 is 5.97 Å². The normalized spacial score (nSPS) is 17.0. The first-order valence-corrected chi connectivity index (χ1v) is 10.7. The molecule has 1 amide bonds. The number of amides is 1. The van der Waals surface area contributed by atoms with E-state index in [0.717, 1.165) is 24.1 Å². The SMILES string of the molecule is CC(=O)N(C[C@@H]1CN(Cc2ccc(Cl)c(Cl)c2)CCO1)Sc1ccc(C(=O)O)nn1. The number of hydrogen-bond acceptors (Lipinski definition) is 7. The summed E-state index contributed by atoms with van der Waals surface area (Å²) >= 11 is 13.2. The summed E-state index contributed by atoms with van der Waals surface area (Å²) in [5, 5.41) is 17.9. The van der Waals surface area contributed by atoms with Crippen LogP contribution >= 0.6 is 35.1 Å². The molecule has 1 aromatic heterocycles. The third-order valence-electron chi connectivity index (χ3n) is 4.40. The van der Waals surface area contributed by atoms with Crippen molar-refractivity contribution in [3.8, 4) is 0 Å². The van der Waals surface area contributed by atoms with Gasteiger partial charge in [-0.1, -0.05) is 29.3 Å². The largest absolute Gasteiger partial charge is 0.476 e. The van der Waals surface area contributed by atoms with Crippen molar-refractivity contribution in [2.75, 3.05) is 26.2 Å². The average Bonchev–Trinajstić information content (AvgIpc) is 2.71. The number of ether oxygens (including phenoxy) is 1. The quantitative estimate of drug-likeness (QED) is 0.615. The van der Waals surface area contributed by atoms with Gasteiger partial charge in [-0.05, 0) is 29.8 Å². The molecule has 0 bridgehead atoms. The second-order valence-electron chi connectivity index (χ2n) is 6.71. The van der Waals surface area contributed by atoms with Gasteiger partial charge in [-0.25, -0.2) is 4.79 Å². The number of halogens is 2. The molecule has 1 N–H and O–H groups in total. The van der Waals surface area contributed by atoms with Crippen LogP contribution in [0, 0.1) is 0 Å². The molecule has 1 fully saturated rings. The molecule has 160 valence electrons. The molecule has 1 aromatic carbocycles. The third-order valence-corrected chi connectivity index (χ3v) is 6.17. The lowest BCUT2D eigenvalue weighted by Crippen LogP contribution is -2.46. The number of hydrogen-bond donors (Lipinski definition) is 1. The molecule has 1 aliphatic heterocycles. The van der Waals surface area contributed by atoms with Crippen molar-refractivity contribution in [2.45, 2.75) is 24.6 Å². The second kappa shape index (κ2) is 10.4. The molecule has 30 heavy (non-hydrogen) atoms. The van der Waals surface area contributed by atoms with E-state index in [1.54, 1.807) is 6.07 Å². The predicted molar refractivity (Wildman–Crippen MR) is 114 cm³/mol. The van der Waals surface area contributed by atoms with Crippen molar-refractivity contribution in [2.24, 2.45) is 0 Å². The number of carboxylic acids is 1. The number of nitrogens with zero attached hydrogens (tertiary/aromatic N) is 4. The van der Waals surface area contributed by atoms with Gasteiger partial charge in [0.2, 0.25) is 5.91 Å². The van der Waals surface area contributed by atoms with Gasteiger partial charge in [-0.2, -0.15) is 0 Å². The summed E-state index contributed by atoms with van der Waals surface area (Å²) in [5.74, 6) is -1.31. The summed E-state index contributed by atoms with van der Waals surface area (Å²) in [6.07, 6.45) is -0.177. The van der Waals surface area contributed by atoms with Crippen LogP contribution in [-0.4, -0.2) is 68.7 Å². The number of carbonyl (C=O) groups is 2. The molecular formula is C19H20Cl2N4O4S. The molecule has 11 heteroatoms. The van der Waals surface area contributed by atoms with Crippen LogP contribution in [0.4, 0.5) is 0 Å². The minimum atomic E-state index is -1.15. The minimum Gasteiger partial charge on any atom is -0.476 e. The van der Waals surface area contributed by atoms with E-state index in [1.807, 2.05) is 12.1 Å². The predicted octanol–water partition coefficient (Wildman–Crippen LogP) is 3.24. The Morgan fingerprint density at radius 3 is 2.70 bits per heavy atom. The van der Waals surface area contributed by atoms with Crippen LogP contribution in [0.5, 0.6) is 0 Å². The van der Waals surface area contributed by atoms with Crippen molar-refractivity contribution in [3.63, 3.8) is 0 Å². The van der Waals surface area contributed by atoms with Crippen LogP contribution in [0.25, 0.3) is 0 Å². The molecule has 0 spiro atoms. The van der Waals surface area contributed by atoms with Crippen LogP contribution in [0.1, 0.15) is 23.0 Å². The molecule has 0 unspecified atom stereocenters. The first-order valence-electron chi connectivity index (χ1n) is 9.13. The van der Waals surface area contributed by atoms with E-state index in [2.05, 4.69) is 15.1 Å². The number of morpholine rings is 1. The van der Waals surface area contributed by atoms with Crippen molar-refractivity contribution >= 4 is 47.0 Å². The average molecular weight is 471 g/mol. The van der Waals surface area contributed by atoms with Gasteiger partial charge < -0.3 is 9.84 Å². The fourth-order valence-corrected chi connectivity index (χ4v) is 4.06. The van der Waals surface area contributed by atoms with E-state index in [4.69, 9.17) is 33.0 Å². The molecule has 1 aliphatic rings. The van der Waals surface area contributed by atoms with Crippen LogP contribution in [-0.2, 0) is 16.1 Å². The Kier molecular flexibility index (Phi) is 7.90. The van der Waals surface area contributed by atoms with Crippen LogP contribution in [0.15, 0.2) is 35.4 Å². The summed E-state index contributed by atoms with van der Waals surface area (Å²) in [5.41, 5.74) is 0.902. The van der Waals surface area contributed by atoms with Crippen LogP contribution in [0.2, 0.25) is 10.0 Å². The van der Waals surface area contributed by atoms with Crippen molar-refractivity contribution in [3.05, 3.63) is 51.6 Å². The summed E-state index contributed by atoms with van der Waals surface area (Å²) in [6, 6.07) is 8.45. The Morgan fingerprint density at radius 1 is 1.27 bits per heavy atom. The van der Waals surface area contributed by atoms with Gasteiger partial charge in [0, 0.05) is 38.5 Å². The number of rotatable bonds is 7. The molecule has 2 aromatic rings. The van der Waals surface area contributed by atoms with Crippen molar-refractivity contribution < 1.29 is 19.4 Å². The molecule has 2 heterocycles. The lowest BCUT2D eigenvalue weighted by atomic mass is 10.2. The Hall–Kier alpha value is -1.91. The third kappa shape index (κ3) is 6.29. The van der Waals surface area contributed by atoms with E-state index in [9.17, 15) is 9.59 Å². The minimum absolute atomic E-state index is 0.151. The fraction of sp³-hybridized carbons (Fsp3) is 0.368. The zero-order valence-corrected chi connectivity index (χ0v) is 18.5. The molecule has 0 aliphatic carbocycles. The second-order valence-corrected chi connectivity index (χ2v) is 8.57. The van der Waals surface area contributed by atoms with E-state index >= 15 is 0 Å². The standard InChI is InChI=1S/C19H20Cl2N4O4S/c1-12(26)25(30-18-5-4-17(19(27)28)22-23-18)11-14-10-24(6-7-29-14)9-13-2-3-15(20)16(21)8-13/h2-5,8,14H,6-7,9-11H2,1H3,(H,27,28)/t14-/m0/s1. The Bertz CT molecular complexity index is 916. The summed E-state index contributed by atoms with van der Waals surface area (Å²) in [7, 11) is 0. The van der Waals surface area contributed by atoms with Gasteiger partial charge in [0.1, 0.15) is 5.03 Å². The van der Waals surface area contributed by atoms with Gasteiger partial charge >= 0.3 is 5.97 Å². The molecule has 1 saturated heterocycles. The number of aromatic nitrogens is 2. The van der Waals surface area contributed by atoms with Gasteiger partial charge in [-0.3, -0.25) is 14.0 Å². The smallest absolute Gasteiger partial charge is 0.356 e. The van der Waals surface area contributed by atoms with Gasteiger partial charge in [0.05, 0.1) is 29.3 Å². The first kappa shape index (κ1) is 22.8. The van der Waals surface area contributed by atoms with E-state index in [0.29, 0.717) is 41.3 Å². The molecule has 8 nitrogen and oxygen atoms in total. The Morgan fingerprint density at radius 2 is 2.07 bits per heavy atom. The van der Waals surface area contributed by atoms with Gasteiger partial charge in [0.25, 0.3) is 0 Å². The number of aromatic carboxylic acids is 1. The number of carbonyl (C=O) groups excluding carboxylic acids is 1. The number of benzene rings is 1. The van der Waals surface area contributed by atoms with Crippen molar-refractivity contribution in [1.82, 2.24) is 19.4 Å². The van der Waals surface area contributed by atoms with Crippen molar-refractivity contribution in [1.29, 1.82) is 0 Å². The highest BCUT2D eigenvalue weighted by molar-refractivity contribution is 7.97.